The van der Waals surface area contributed by atoms with Crippen molar-refractivity contribution in [2.45, 2.75) is 24.2 Å². The summed E-state index contributed by atoms with van der Waals surface area (Å²) in [6.45, 7) is 0.320. The Labute approximate surface area is 119 Å². The topological polar surface area (TPSA) is 66.4 Å². The number of halogens is 2. The van der Waals surface area contributed by atoms with Crippen LogP contribution in [0, 0.1) is 11.6 Å². The van der Waals surface area contributed by atoms with E-state index >= 15 is 0 Å². The molecule has 0 aliphatic rings. The van der Waals surface area contributed by atoms with Crippen LogP contribution in [0.25, 0.3) is 0 Å². The van der Waals surface area contributed by atoms with Gasteiger partial charge in [0.05, 0.1) is 0 Å². The first-order valence-electron chi connectivity index (χ1n) is 6.05. The monoisotopic (exact) mass is 303 g/mol. The predicted octanol–water partition coefficient (Wildman–Crippen LogP) is 2.43. The van der Waals surface area contributed by atoms with Gasteiger partial charge >= 0.3 is 5.97 Å². The SMILES string of the molecule is O=C(O)CCCNC(=O)CCSc1ccc(F)c(F)c1. The molecule has 0 aliphatic carbocycles. The zero-order valence-electron chi connectivity index (χ0n) is 10.7. The lowest BCUT2D eigenvalue weighted by molar-refractivity contribution is -0.137. The lowest BCUT2D eigenvalue weighted by Crippen LogP contribution is -2.25. The van der Waals surface area contributed by atoms with Gasteiger partial charge in [0.1, 0.15) is 0 Å². The van der Waals surface area contributed by atoms with Gasteiger partial charge in [-0.05, 0) is 24.6 Å². The van der Waals surface area contributed by atoms with E-state index in [0.29, 0.717) is 23.6 Å². The fourth-order valence-corrected chi connectivity index (χ4v) is 2.26. The molecule has 4 nitrogen and oxygen atoms in total. The molecule has 1 aromatic carbocycles. The summed E-state index contributed by atoms with van der Waals surface area (Å²) in [5.74, 6) is -2.45. The van der Waals surface area contributed by atoms with Gasteiger partial charge in [-0.3, -0.25) is 9.59 Å². The van der Waals surface area contributed by atoms with Crippen LogP contribution < -0.4 is 5.32 Å². The number of carboxylic acid groups (broad SMARTS) is 1. The Morgan fingerprint density at radius 1 is 1.20 bits per heavy atom. The largest absolute Gasteiger partial charge is 0.481 e. The third-order valence-electron chi connectivity index (χ3n) is 2.38. The van der Waals surface area contributed by atoms with Gasteiger partial charge in [-0.1, -0.05) is 0 Å². The van der Waals surface area contributed by atoms with Gasteiger partial charge in [0.25, 0.3) is 0 Å². The average molecular weight is 303 g/mol. The molecule has 1 aromatic rings. The molecule has 0 saturated carbocycles. The Hall–Kier alpha value is -1.63. The summed E-state index contributed by atoms with van der Waals surface area (Å²) < 4.78 is 25.6. The molecule has 1 rings (SSSR count). The summed E-state index contributed by atoms with van der Waals surface area (Å²) in [4.78, 5) is 22.2. The lowest BCUT2D eigenvalue weighted by atomic mass is 10.3. The maximum absolute atomic E-state index is 12.9. The Bertz CT molecular complexity index is 483. The fourth-order valence-electron chi connectivity index (χ4n) is 1.38. The number of carbonyl (C=O) groups excluding carboxylic acids is 1. The highest BCUT2D eigenvalue weighted by molar-refractivity contribution is 7.99. The molecule has 0 fully saturated rings. The molecule has 7 heteroatoms. The highest BCUT2D eigenvalue weighted by atomic mass is 32.2. The van der Waals surface area contributed by atoms with Gasteiger partial charge < -0.3 is 10.4 Å². The number of thioether (sulfide) groups is 1. The minimum Gasteiger partial charge on any atom is -0.481 e. The molecule has 20 heavy (non-hydrogen) atoms. The fraction of sp³-hybridized carbons (Fsp3) is 0.385. The van der Waals surface area contributed by atoms with Crippen LogP contribution in [0.1, 0.15) is 19.3 Å². The van der Waals surface area contributed by atoms with Crippen LogP contribution in [0.3, 0.4) is 0 Å². The molecule has 1 amide bonds. The summed E-state index contributed by atoms with van der Waals surface area (Å²) in [6, 6.07) is 3.59. The van der Waals surface area contributed by atoms with Crippen molar-refractivity contribution in [3.8, 4) is 0 Å². The molecule has 0 radical (unpaired) electrons. The number of nitrogens with one attached hydrogen (secondary N) is 1. The van der Waals surface area contributed by atoms with Crippen molar-refractivity contribution in [1.82, 2.24) is 5.32 Å². The molecule has 0 saturated heterocycles. The standard InChI is InChI=1S/C13H15F2NO3S/c14-10-4-3-9(8-11(10)15)20-7-5-12(17)16-6-1-2-13(18)19/h3-4,8H,1-2,5-7H2,(H,16,17)(H,18,19). The van der Waals surface area contributed by atoms with Gasteiger partial charge in [0.2, 0.25) is 5.91 Å². The highest BCUT2D eigenvalue weighted by Gasteiger charge is 2.05. The van der Waals surface area contributed by atoms with Crippen molar-refractivity contribution < 1.29 is 23.5 Å². The van der Waals surface area contributed by atoms with Crippen LogP contribution >= 0.6 is 11.8 Å². The molecule has 0 aromatic heterocycles. The van der Waals surface area contributed by atoms with Crippen molar-refractivity contribution in [2.75, 3.05) is 12.3 Å². The van der Waals surface area contributed by atoms with E-state index in [-0.39, 0.29) is 18.7 Å². The van der Waals surface area contributed by atoms with E-state index in [1.165, 1.54) is 17.8 Å². The minimum atomic E-state index is -0.909. The van der Waals surface area contributed by atoms with Crippen molar-refractivity contribution in [3.05, 3.63) is 29.8 Å². The normalized spacial score (nSPS) is 10.3. The number of amides is 1. The number of carbonyl (C=O) groups is 2. The van der Waals surface area contributed by atoms with Gasteiger partial charge in [-0.15, -0.1) is 11.8 Å². The lowest BCUT2D eigenvalue weighted by Gasteiger charge is -2.04. The number of carboxylic acids is 1. The summed E-state index contributed by atoms with van der Waals surface area (Å²) in [6.07, 6.45) is 0.637. The van der Waals surface area contributed by atoms with Crippen molar-refractivity contribution in [3.63, 3.8) is 0 Å². The van der Waals surface area contributed by atoms with Crippen molar-refractivity contribution in [2.24, 2.45) is 0 Å². The van der Waals surface area contributed by atoms with E-state index in [2.05, 4.69) is 5.32 Å². The van der Waals surface area contributed by atoms with Crippen LogP contribution in [0.4, 0.5) is 8.78 Å². The summed E-state index contributed by atoms with van der Waals surface area (Å²) >= 11 is 1.25. The Morgan fingerprint density at radius 3 is 2.60 bits per heavy atom. The molecule has 110 valence electrons. The smallest absolute Gasteiger partial charge is 0.303 e. The van der Waals surface area contributed by atoms with Gasteiger partial charge in [-0.25, -0.2) is 8.78 Å². The molecule has 0 heterocycles. The van der Waals surface area contributed by atoms with E-state index in [1.54, 1.807) is 0 Å². The number of aliphatic carboxylic acids is 1. The maximum Gasteiger partial charge on any atom is 0.303 e. The van der Waals surface area contributed by atoms with E-state index < -0.39 is 17.6 Å². The quantitative estimate of drug-likeness (QED) is 0.572. The summed E-state index contributed by atoms with van der Waals surface area (Å²) in [7, 11) is 0. The van der Waals surface area contributed by atoms with Crippen LogP contribution in [0.2, 0.25) is 0 Å². The van der Waals surface area contributed by atoms with Crippen molar-refractivity contribution in [1.29, 1.82) is 0 Å². The molecule has 0 atom stereocenters. The third kappa shape index (κ3) is 6.51. The van der Waals surface area contributed by atoms with E-state index in [1.807, 2.05) is 0 Å². The first-order chi connectivity index (χ1) is 9.49. The Morgan fingerprint density at radius 2 is 1.95 bits per heavy atom. The molecule has 0 bridgehead atoms. The number of benzene rings is 1. The predicted molar refractivity (Wildman–Crippen MR) is 71.6 cm³/mol. The Kier molecular flexibility index (Phi) is 7.00. The second-order valence-electron chi connectivity index (χ2n) is 4.02. The minimum absolute atomic E-state index is 0.0177. The van der Waals surface area contributed by atoms with E-state index in [4.69, 9.17) is 5.11 Å². The molecule has 0 unspecified atom stereocenters. The average Bonchev–Trinajstić information content (AvgIpc) is 2.39. The van der Waals surface area contributed by atoms with Crippen molar-refractivity contribution >= 4 is 23.6 Å². The van der Waals surface area contributed by atoms with Crippen LogP contribution in [0.15, 0.2) is 23.1 Å². The number of hydrogen-bond acceptors (Lipinski definition) is 3. The summed E-state index contributed by atoms with van der Waals surface area (Å²) in [5.41, 5.74) is 0. The zero-order chi connectivity index (χ0) is 15.0. The van der Waals surface area contributed by atoms with Gasteiger partial charge in [0.15, 0.2) is 11.6 Å². The molecular weight excluding hydrogens is 288 g/mol. The molecule has 0 aliphatic heterocycles. The third-order valence-corrected chi connectivity index (χ3v) is 3.37. The zero-order valence-corrected chi connectivity index (χ0v) is 11.5. The number of hydrogen-bond donors (Lipinski definition) is 2. The van der Waals surface area contributed by atoms with E-state index in [9.17, 15) is 18.4 Å². The molecule has 0 spiro atoms. The second-order valence-corrected chi connectivity index (χ2v) is 5.19. The number of rotatable bonds is 8. The first kappa shape index (κ1) is 16.4. The van der Waals surface area contributed by atoms with Crippen LogP contribution in [0.5, 0.6) is 0 Å². The maximum atomic E-state index is 12.9. The van der Waals surface area contributed by atoms with Gasteiger partial charge in [0, 0.05) is 30.0 Å². The van der Waals surface area contributed by atoms with Crippen LogP contribution in [-0.4, -0.2) is 29.3 Å². The molecule has 2 N–H and O–H groups in total. The first-order valence-corrected chi connectivity index (χ1v) is 7.04. The molecular formula is C13H15F2NO3S. The van der Waals surface area contributed by atoms with Crippen LogP contribution in [-0.2, 0) is 9.59 Å². The van der Waals surface area contributed by atoms with Gasteiger partial charge in [-0.2, -0.15) is 0 Å². The summed E-state index contributed by atoms with van der Waals surface area (Å²) in [5, 5.41) is 11.0. The highest BCUT2D eigenvalue weighted by Crippen LogP contribution is 2.20. The Balaban J connectivity index is 2.18. The second kappa shape index (κ2) is 8.52. The van der Waals surface area contributed by atoms with E-state index in [0.717, 1.165) is 12.1 Å².